The van der Waals surface area contributed by atoms with E-state index in [1.165, 1.54) is 49.3 Å². The summed E-state index contributed by atoms with van der Waals surface area (Å²) in [4.78, 5) is 34.2. The van der Waals surface area contributed by atoms with Crippen molar-refractivity contribution in [2.45, 2.75) is 0 Å². The number of rotatable bonds is 5. The van der Waals surface area contributed by atoms with Crippen molar-refractivity contribution in [2.24, 2.45) is 0 Å². The molecule has 1 N–H and O–H groups in total. The van der Waals surface area contributed by atoms with Gasteiger partial charge in [-0.05, 0) is 11.6 Å². The zero-order valence-electron chi connectivity index (χ0n) is 11.2. The quantitative estimate of drug-likeness (QED) is 0.489. The van der Waals surface area contributed by atoms with Crippen LogP contribution in [-0.2, 0) is 9.59 Å². The highest BCUT2D eigenvalue weighted by Gasteiger charge is 2.09. The second kappa shape index (κ2) is 7.03. The van der Waals surface area contributed by atoms with Gasteiger partial charge in [-0.1, -0.05) is 12.1 Å². The van der Waals surface area contributed by atoms with Gasteiger partial charge in [0.2, 0.25) is 11.8 Å². The molecule has 20 heavy (non-hydrogen) atoms. The number of amides is 2. The third kappa shape index (κ3) is 4.52. The summed E-state index contributed by atoms with van der Waals surface area (Å²) in [7, 11) is 2.98. The molecule has 0 atom stereocenters. The fourth-order valence-corrected chi connectivity index (χ4v) is 1.41. The van der Waals surface area contributed by atoms with Crippen molar-refractivity contribution in [1.29, 1.82) is 0 Å². The van der Waals surface area contributed by atoms with Crippen LogP contribution >= 0.6 is 0 Å². The molecule has 1 rings (SSSR count). The van der Waals surface area contributed by atoms with Crippen LogP contribution in [-0.4, -0.2) is 42.3 Å². The Hall–Kier alpha value is -2.70. The molecule has 1 aromatic carbocycles. The van der Waals surface area contributed by atoms with E-state index in [1.54, 1.807) is 6.07 Å². The number of hydrogen-bond acceptors (Lipinski definition) is 4. The Morgan fingerprint density at radius 1 is 1.45 bits per heavy atom. The molecule has 0 radical (unpaired) electrons. The molecule has 2 amide bonds. The van der Waals surface area contributed by atoms with Crippen LogP contribution in [0.3, 0.4) is 0 Å². The van der Waals surface area contributed by atoms with Crippen molar-refractivity contribution in [3.63, 3.8) is 0 Å². The van der Waals surface area contributed by atoms with Gasteiger partial charge in [-0.2, -0.15) is 0 Å². The molecule has 106 valence electrons. The van der Waals surface area contributed by atoms with Gasteiger partial charge in [0, 0.05) is 32.3 Å². The standard InChI is InChI=1S/C13H15N3O4/c1-14-12(17)9-15(2)13(18)7-6-10-4-3-5-11(8-10)16(19)20/h3-8H,9H2,1-2H3,(H,14,17)/b7-6+. The predicted octanol–water partition coefficient (Wildman–Crippen LogP) is 0.812. The van der Waals surface area contributed by atoms with Crippen LogP contribution < -0.4 is 5.32 Å². The number of carbonyl (C=O) groups is 2. The van der Waals surface area contributed by atoms with Gasteiger partial charge in [0.25, 0.3) is 5.69 Å². The van der Waals surface area contributed by atoms with Crippen molar-refractivity contribution in [3.8, 4) is 0 Å². The van der Waals surface area contributed by atoms with E-state index in [0.29, 0.717) is 5.56 Å². The maximum absolute atomic E-state index is 11.7. The fraction of sp³-hybridized carbons (Fsp3) is 0.231. The number of benzene rings is 1. The summed E-state index contributed by atoms with van der Waals surface area (Å²) < 4.78 is 0. The lowest BCUT2D eigenvalue weighted by Crippen LogP contribution is -2.35. The molecule has 0 fully saturated rings. The fourth-order valence-electron chi connectivity index (χ4n) is 1.41. The highest BCUT2D eigenvalue weighted by atomic mass is 16.6. The van der Waals surface area contributed by atoms with Gasteiger partial charge in [0.15, 0.2) is 0 Å². The van der Waals surface area contributed by atoms with Crippen LogP contribution in [0.5, 0.6) is 0 Å². The molecule has 0 aromatic heterocycles. The van der Waals surface area contributed by atoms with Crippen LogP contribution in [0, 0.1) is 10.1 Å². The van der Waals surface area contributed by atoms with Crippen LogP contribution in [0.4, 0.5) is 5.69 Å². The first-order chi connectivity index (χ1) is 9.43. The average Bonchev–Trinajstić information content (AvgIpc) is 2.44. The van der Waals surface area contributed by atoms with E-state index in [-0.39, 0.29) is 24.0 Å². The summed E-state index contributed by atoms with van der Waals surface area (Å²) in [5, 5.41) is 13.0. The monoisotopic (exact) mass is 277 g/mol. The highest BCUT2D eigenvalue weighted by Crippen LogP contribution is 2.14. The molecule has 0 aliphatic rings. The van der Waals surface area contributed by atoms with Gasteiger partial charge in [-0.25, -0.2) is 0 Å². The summed E-state index contributed by atoms with van der Waals surface area (Å²) in [6, 6.07) is 5.92. The van der Waals surface area contributed by atoms with Crippen LogP contribution in [0.25, 0.3) is 6.08 Å². The Kier molecular flexibility index (Phi) is 5.40. The van der Waals surface area contributed by atoms with E-state index < -0.39 is 4.92 Å². The lowest BCUT2D eigenvalue weighted by atomic mass is 10.2. The van der Waals surface area contributed by atoms with E-state index in [2.05, 4.69) is 5.32 Å². The van der Waals surface area contributed by atoms with Crippen molar-refractivity contribution in [2.75, 3.05) is 20.6 Å². The Bertz CT molecular complexity index is 554. The molecule has 0 unspecified atom stereocenters. The maximum atomic E-state index is 11.7. The van der Waals surface area contributed by atoms with Crippen LogP contribution in [0.2, 0.25) is 0 Å². The summed E-state index contributed by atoms with van der Waals surface area (Å²) in [5.74, 6) is -0.635. The molecule has 7 heteroatoms. The topological polar surface area (TPSA) is 92.6 Å². The van der Waals surface area contributed by atoms with E-state index >= 15 is 0 Å². The maximum Gasteiger partial charge on any atom is 0.270 e. The molecule has 0 saturated carbocycles. The van der Waals surface area contributed by atoms with E-state index in [1.807, 2.05) is 0 Å². The summed E-state index contributed by atoms with van der Waals surface area (Å²) in [6.07, 6.45) is 2.73. The van der Waals surface area contributed by atoms with Gasteiger partial charge in [0.05, 0.1) is 11.5 Å². The number of likely N-dealkylation sites (N-methyl/N-ethyl adjacent to an activating group) is 2. The molecule has 0 aliphatic carbocycles. The van der Waals surface area contributed by atoms with E-state index in [9.17, 15) is 19.7 Å². The lowest BCUT2D eigenvalue weighted by molar-refractivity contribution is -0.384. The number of nitrogens with one attached hydrogen (secondary N) is 1. The normalized spacial score (nSPS) is 10.3. The molecular weight excluding hydrogens is 262 g/mol. The minimum absolute atomic E-state index is 0.0432. The lowest BCUT2D eigenvalue weighted by Gasteiger charge is -2.13. The molecule has 0 spiro atoms. The summed E-state index contributed by atoms with van der Waals surface area (Å²) in [5.41, 5.74) is 0.499. The minimum Gasteiger partial charge on any atom is -0.358 e. The Morgan fingerprint density at radius 3 is 2.75 bits per heavy atom. The predicted molar refractivity (Wildman–Crippen MR) is 73.8 cm³/mol. The second-order valence-electron chi connectivity index (χ2n) is 4.05. The first kappa shape index (κ1) is 15.4. The minimum atomic E-state index is -0.503. The largest absolute Gasteiger partial charge is 0.358 e. The van der Waals surface area contributed by atoms with Crippen LogP contribution in [0.15, 0.2) is 30.3 Å². The SMILES string of the molecule is CNC(=O)CN(C)C(=O)/C=C/c1cccc([N+](=O)[O-])c1. The first-order valence-corrected chi connectivity index (χ1v) is 5.82. The number of non-ortho nitro benzene ring substituents is 1. The molecule has 0 saturated heterocycles. The zero-order valence-corrected chi connectivity index (χ0v) is 11.2. The highest BCUT2D eigenvalue weighted by molar-refractivity contribution is 5.94. The molecule has 0 bridgehead atoms. The molecule has 0 heterocycles. The number of nitro groups is 1. The molecule has 7 nitrogen and oxygen atoms in total. The molecule has 1 aromatic rings. The van der Waals surface area contributed by atoms with Gasteiger partial charge < -0.3 is 10.2 Å². The second-order valence-corrected chi connectivity index (χ2v) is 4.05. The number of hydrogen-bond donors (Lipinski definition) is 1. The molecular formula is C13H15N3O4. The Balaban J connectivity index is 2.72. The van der Waals surface area contributed by atoms with Gasteiger partial charge in [-0.15, -0.1) is 0 Å². The Labute approximate surface area is 116 Å². The third-order valence-corrected chi connectivity index (χ3v) is 2.54. The van der Waals surface area contributed by atoms with Crippen molar-refractivity contribution in [3.05, 3.63) is 46.0 Å². The number of carbonyl (C=O) groups excluding carboxylic acids is 2. The van der Waals surface area contributed by atoms with Crippen molar-refractivity contribution < 1.29 is 14.5 Å². The van der Waals surface area contributed by atoms with Gasteiger partial charge in [-0.3, -0.25) is 19.7 Å². The van der Waals surface area contributed by atoms with Crippen molar-refractivity contribution in [1.82, 2.24) is 10.2 Å². The zero-order chi connectivity index (χ0) is 15.1. The smallest absolute Gasteiger partial charge is 0.270 e. The average molecular weight is 277 g/mol. The first-order valence-electron chi connectivity index (χ1n) is 5.82. The summed E-state index contributed by atoms with van der Waals surface area (Å²) in [6.45, 7) is -0.0470. The van der Waals surface area contributed by atoms with Gasteiger partial charge >= 0.3 is 0 Å². The third-order valence-electron chi connectivity index (χ3n) is 2.54. The molecule has 0 aliphatic heterocycles. The number of nitro benzene ring substituents is 1. The van der Waals surface area contributed by atoms with E-state index in [4.69, 9.17) is 0 Å². The summed E-state index contributed by atoms with van der Waals surface area (Å²) >= 11 is 0. The van der Waals surface area contributed by atoms with E-state index in [0.717, 1.165) is 0 Å². The van der Waals surface area contributed by atoms with Crippen LogP contribution in [0.1, 0.15) is 5.56 Å². The Morgan fingerprint density at radius 2 is 2.15 bits per heavy atom. The van der Waals surface area contributed by atoms with Crippen molar-refractivity contribution >= 4 is 23.6 Å². The number of nitrogens with zero attached hydrogens (tertiary/aromatic N) is 2. The van der Waals surface area contributed by atoms with Gasteiger partial charge in [0.1, 0.15) is 0 Å².